The van der Waals surface area contributed by atoms with Crippen LogP contribution in [0.15, 0.2) is 36.5 Å². The molecule has 1 saturated carbocycles. The molecule has 132 valence electrons. The number of hydrogen-bond acceptors (Lipinski definition) is 4. The molecule has 1 fully saturated rings. The summed E-state index contributed by atoms with van der Waals surface area (Å²) < 4.78 is 0. The van der Waals surface area contributed by atoms with Gasteiger partial charge >= 0.3 is 0 Å². The Bertz CT molecular complexity index is 734. The van der Waals surface area contributed by atoms with E-state index >= 15 is 0 Å². The van der Waals surface area contributed by atoms with Crippen molar-refractivity contribution in [2.75, 3.05) is 23.3 Å². The second kappa shape index (κ2) is 7.55. The molecule has 1 amide bonds. The SMILES string of the molecule is CCN(CC)c1ccc(Nc2ccc(C(=O)NC3CC3)cn2)c(C)c1. The van der Waals surface area contributed by atoms with Crippen molar-refractivity contribution in [1.82, 2.24) is 10.3 Å². The number of benzene rings is 1. The molecule has 2 aromatic rings. The molecule has 0 saturated heterocycles. The fraction of sp³-hybridized carbons (Fsp3) is 0.400. The first-order valence-electron chi connectivity index (χ1n) is 9.00. The second-order valence-electron chi connectivity index (χ2n) is 6.48. The molecule has 5 heteroatoms. The van der Waals surface area contributed by atoms with Crippen LogP contribution in [0.2, 0.25) is 0 Å². The van der Waals surface area contributed by atoms with Gasteiger partial charge in [-0.1, -0.05) is 0 Å². The lowest BCUT2D eigenvalue weighted by molar-refractivity contribution is 0.0951. The fourth-order valence-corrected chi connectivity index (χ4v) is 2.81. The highest BCUT2D eigenvalue weighted by Crippen LogP contribution is 2.25. The molecule has 25 heavy (non-hydrogen) atoms. The van der Waals surface area contributed by atoms with Gasteiger partial charge in [-0.15, -0.1) is 0 Å². The Morgan fingerprint density at radius 2 is 1.96 bits per heavy atom. The summed E-state index contributed by atoms with van der Waals surface area (Å²) in [6.07, 6.45) is 3.79. The Hall–Kier alpha value is -2.56. The van der Waals surface area contributed by atoms with Gasteiger partial charge < -0.3 is 15.5 Å². The van der Waals surface area contributed by atoms with Gasteiger partial charge in [0.15, 0.2) is 0 Å². The van der Waals surface area contributed by atoms with Gasteiger partial charge in [-0.05, 0) is 69.5 Å². The maximum absolute atomic E-state index is 12.0. The monoisotopic (exact) mass is 338 g/mol. The third-order valence-electron chi connectivity index (χ3n) is 4.54. The molecule has 1 aliphatic carbocycles. The zero-order valence-corrected chi connectivity index (χ0v) is 15.2. The summed E-state index contributed by atoms with van der Waals surface area (Å²) in [6.45, 7) is 8.40. The number of carbonyl (C=O) groups excluding carboxylic acids is 1. The van der Waals surface area contributed by atoms with Crippen molar-refractivity contribution >= 4 is 23.1 Å². The third kappa shape index (κ3) is 4.29. The predicted octanol–water partition coefficient (Wildman–Crippen LogP) is 3.87. The Labute approximate surface area is 149 Å². The van der Waals surface area contributed by atoms with Gasteiger partial charge in [0, 0.05) is 36.7 Å². The van der Waals surface area contributed by atoms with Gasteiger partial charge in [0.1, 0.15) is 5.82 Å². The molecule has 0 atom stereocenters. The number of aryl methyl sites for hydroxylation is 1. The maximum Gasteiger partial charge on any atom is 0.253 e. The average molecular weight is 338 g/mol. The van der Waals surface area contributed by atoms with Crippen molar-refractivity contribution in [3.8, 4) is 0 Å². The van der Waals surface area contributed by atoms with Crippen molar-refractivity contribution in [3.05, 3.63) is 47.7 Å². The van der Waals surface area contributed by atoms with Gasteiger partial charge in [-0.2, -0.15) is 0 Å². The fourth-order valence-electron chi connectivity index (χ4n) is 2.81. The van der Waals surface area contributed by atoms with Crippen LogP contribution in [0.25, 0.3) is 0 Å². The average Bonchev–Trinajstić information content (AvgIpc) is 3.43. The van der Waals surface area contributed by atoms with Crippen molar-refractivity contribution in [2.45, 2.75) is 39.7 Å². The Morgan fingerprint density at radius 1 is 1.20 bits per heavy atom. The van der Waals surface area contributed by atoms with E-state index in [9.17, 15) is 4.79 Å². The topological polar surface area (TPSA) is 57.3 Å². The molecular weight excluding hydrogens is 312 g/mol. The van der Waals surface area contributed by atoms with Crippen LogP contribution in [0.1, 0.15) is 42.6 Å². The number of pyridine rings is 1. The largest absolute Gasteiger partial charge is 0.372 e. The summed E-state index contributed by atoms with van der Waals surface area (Å²) in [5, 5.41) is 6.30. The number of hydrogen-bond donors (Lipinski definition) is 2. The van der Waals surface area contributed by atoms with Gasteiger partial charge in [0.2, 0.25) is 0 Å². The summed E-state index contributed by atoms with van der Waals surface area (Å²) in [5.41, 5.74) is 4.03. The van der Waals surface area contributed by atoms with E-state index in [0.717, 1.165) is 37.4 Å². The van der Waals surface area contributed by atoms with Crippen LogP contribution in [-0.4, -0.2) is 30.0 Å². The number of anilines is 3. The maximum atomic E-state index is 12.0. The van der Waals surface area contributed by atoms with Gasteiger partial charge in [-0.25, -0.2) is 4.98 Å². The molecule has 0 aliphatic heterocycles. The van der Waals surface area contributed by atoms with Crippen LogP contribution in [0.3, 0.4) is 0 Å². The quantitative estimate of drug-likeness (QED) is 0.804. The molecule has 1 aliphatic rings. The molecule has 0 radical (unpaired) electrons. The number of aromatic nitrogens is 1. The molecule has 1 aromatic carbocycles. The van der Waals surface area contributed by atoms with Gasteiger partial charge in [0.25, 0.3) is 5.91 Å². The molecule has 0 unspecified atom stereocenters. The molecule has 1 aromatic heterocycles. The van der Waals surface area contributed by atoms with Crippen LogP contribution >= 0.6 is 0 Å². The lowest BCUT2D eigenvalue weighted by atomic mass is 10.1. The van der Waals surface area contributed by atoms with Crippen LogP contribution in [-0.2, 0) is 0 Å². The van der Waals surface area contributed by atoms with E-state index in [2.05, 4.69) is 59.5 Å². The smallest absolute Gasteiger partial charge is 0.253 e. The molecule has 2 N–H and O–H groups in total. The summed E-state index contributed by atoms with van der Waals surface area (Å²) >= 11 is 0. The van der Waals surface area contributed by atoms with E-state index in [1.54, 1.807) is 6.20 Å². The van der Waals surface area contributed by atoms with Crippen molar-refractivity contribution < 1.29 is 4.79 Å². The van der Waals surface area contributed by atoms with Crippen LogP contribution < -0.4 is 15.5 Å². The van der Waals surface area contributed by atoms with E-state index in [1.165, 1.54) is 11.3 Å². The standard InChI is InChI=1S/C20H26N4O/c1-4-24(5-2)17-9-10-18(14(3)12-17)23-19-11-6-15(13-21-19)20(25)22-16-7-8-16/h6,9-13,16H,4-5,7-8H2,1-3H3,(H,21,23)(H,22,25). The minimum atomic E-state index is -0.0405. The number of carbonyl (C=O) groups is 1. The molecule has 0 bridgehead atoms. The summed E-state index contributed by atoms with van der Waals surface area (Å²) in [6, 6.07) is 10.4. The number of nitrogens with one attached hydrogen (secondary N) is 2. The third-order valence-corrected chi connectivity index (χ3v) is 4.54. The highest BCUT2D eigenvalue weighted by Gasteiger charge is 2.23. The van der Waals surface area contributed by atoms with Crippen molar-refractivity contribution in [2.24, 2.45) is 0 Å². The molecule has 3 rings (SSSR count). The highest BCUT2D eigenvalue weighted by atomic mass is 16.1. The van der Waals surface area contributed by atoms with Crippen LogP contribution in [0, 0.1) is 6.92 Å². The van der Waals surface area contributed by atoms with E-state index in [0.29, 0.717) is 11.6 Å². The minimum absolute atomic E-state index is 0.0405. The van der Waals surface area contributed by atoms with Crippen molar-refractivity contribution in [1.29, 1.82) is 0 Å². The summed E-state index contributed by atoms with van der Waals surface area (Å²) in [4.78, 5) is 18.7. The molecule has 5 nitrogen and oxygen atoms in total. The molecule has 0 spiro atoms. The zero-order chi connectivity index (χ0) is 17.8. The van der Waals surface area contributed by atoms with E-state index in [1.807, 2.05) is 12.1 Å². The lowest BCUT2D eigenvalue weighted by Gasteiger charge is -2.22. The molecular formula is C20H26N4O. The molecule has 1 heterocycles. The number of amides is 1. The summed E-state index contributed by atoms with van der Waals surface area (Å²) in [5.74, 6) is 0.697. The second-order valence-corrected chi connectivity index (χ2v) is 6.48. The first-order valence-corrected chi connectivity index (χ1v) is 9.00. The summed E-state index contributed by atoms with van der Waals surface area (Å²) in [7, 11) is 0. The van der Waals surface area contributed by atoms with Gasteiger partial charge in [-0.3, -0.25) is 4.79 Å². The normalized spacial score (nSPS) is 13.4. The number of rotatable bonds is 7. The van der Waals surface area contributed by atoms with Crippen molar-refractivity contribution in [3.63, 3.8) is 0 Å². The predicted molar refractivity (Wildman–Crippen MR) is 103 cm³/mol. The highest BCUT2D eigenvalue weighted by molar-refractivity contribution is 5.94. The first kappa shape index (κ1) is 17.3. The van der Waals surface area contributed by atoms with Gasteiger partial charge in [0.05, 0.1) is 5.56 Å². The first-order chi connectivity index (χ1) is 12.1. The Kier molecular flexibility index (Phi) is 5.22. The minimum Gasteiger partial charge on any atom is -0.372 e. The van der Waals surface area contributed by atoms with Crippen LogP contribution in [0.5, 0.6) is 0 Å². The Balaban J connectivity index is 1.68. The van der Waals surface area contributed by atoms with Crippen LogP contribution in [0.4, 0.5) is 17.2 Å². The zero-order valence-electron chi connectivity index (χ0n) is 15.2. The van der Waals surface area contributed by atoms with E-state index in [4.69, 9.17) is 0 Å². The van der Waals surface area contributed by atoms with E-state index in [-0.39, 0.29) is 5.91 Å². The lowest BCUT2D eigenvalue weighted by Crippen LogP contribution is -2.25. The Morgan fingerprint density at radius 3 is 2.52 bits per heavy atom. The van der Waals surface area contributed by atoms with E-state index < -0.39 is 0 Å². The number of nitrogens with zero attached hydrogens (tertiary/aromatic N) is 2.